The van der Waals surface area contributed by atoms with Crippen molar-refractivity contribution in [3.63, 3.8) is 0 Å². The van der Waals surface area contributed by atoms with Crippen molar-refractivity contribution in [1.82, 2.24) is 14.1 Å². The SMILES string of the molecule is Cc1ccc2c3ccccc3n(-c3cc(-c4cc(C)nc(C)c4)c(-n4c5ccccc5c5ccc(C(F)(F)F)cc54)cc3C#N)c2c1. The standard InChI is InChI=1S/C40H27F3N4/c1-23-12-14-31-29-8-4-6-10-34(29)46(37(31)16-23)36-21-33(26-17-24(2)45-25(3)18-26)38(19-27(36)22-44)47-35-11-7-5-9-30(35)32-15-13-28(20-39(32)47)40(41,42)43/h4-21H,1-3H3. The molecule has 0 atom stereocenters. The van der Waals surface area contributed by atoms with Crippen molar-refractivity contribution in [3.8, 4) is 28.6 Å². The van der Waals surface area contributed by atoms with Crippen molar-refractivity contribution in [2.75, 3.05) is 0 Å². The van der Waals surface area contributed by atoms with E-state index in [0.717, 1.165) is 66.9 Å². The Morgan fingerprint density at radius 1 is 0.596 bits per heavy atom. The van der Waals surface area contributed by atoms with Gasteiger partial charge in [-0.1, -0.05) is 54.6 Å². The number of pyridine rings is 1. The number of hydrogen-bond acceptors (Lipinski definition) is 2. The molecule has 0 aliphatic heterocycles. The first-order valence-corrected chi connectivity index (χ1v) is 15.3. The number of aromatic nitrogens is 3. The molecule has 0 saturated heterocycles. The molecule has 0 saturated carbocycles. The highest BCUT2D eigenvalue weighted by atomic mass is 19.4. The monoisotopic (exact) mass is 620 g/mol. The number of alkyl halides is 3. The molecular weight excluding hydrogens is 593 g/mol. The summed E-state index contributed by atoms with van der Waals surface area (Å²) < 4.78 is 46.3. The third-order valence-electron chi connectivity index (χ3n) is 8.94. The van der Waals surface area contributed by atoms with Gasteiger partial charge in [-0.05, 0) is 86.5 Å². The molecular formula is C40H27F3N4. The van der Waals surface area contributed by atoms with Gasteiger partial charge in [0.2, 0.25) is 0 Å². The van der Waals surface area contributed by atoms with Crippen LogP contribution in [0.2, 0.25) is 0 Å². The van der Waals surface area contributed by atoms with Gasteiger partial charge in [-0.3, -0.25) is 4.98 Å². The van der Waals surface area contributed by atoms with Crippen LogP contribution in [0, 0.1) is 32.1 Å². The highest BCUT2D eigenvalue weighted by Crippen LogP contribution is 2.42. The Hall–Kier alpha value is -5.87. The summed E-state index contributed by atoms with van der Waals surface area (Å²) in [5, 5.41) is 14.4. The van der Waals surface area contributed by atoms with Crippen molar-refractivity contribution in [3.05, 3.63) is 137 Å². The van der Waals surface area contributed by atoms with Crippen LogP contribution < -0.4 is 0 Å². The fourth-order valence-electron chi connectivity index (χ4n) is 7.00. The van der Waals surface area contributed by atoms with E-state index in [2.05, 4.69) is 39.9 Å². The number of halogens is 3. The Labute approximate surface area is 268 Å². The van der Waals surface area contributed by atoms with Crippen LogP contribution in [0.5, 0.6) is 0 Å². The molecule has 0 aliphatic carbocycles. The first-order valence-electron chi connectivity index (χ1n) is 15.3. The Morgan fingerprint density at radius 2 is 1.15 bits per heavy atom. The molecule has 0 amide bonds. The van der Waals surface area contributed by atoms with E-state index in [4.69, 9.17) is 0 Å². The predicted octanol–water partition coefficient (Wildman–Crippen LogP) is 10.8. The topological polar surface area (TPSA) is 46.5 Å². The van der Waals surface area contributed by atoms with Crippen LogP contribution in [0.15, 0.2) is 109 Å². The molecule has 0 fully saturated rings. The van der Waals surface area contributed by atoms with Crippen LogP contribution in [-0.2, 0) is 6.18 Å². The largest absolute Gasteiger partial charge is 0.416 e. The third-order valence-corrected chi connectivity index (χ3v) is 8.94. The molecule has 7 heteroatoms. The van der Waals surface area contributed by atoms with Crippen LogP contribution in [0.1, 0.15) is 28.1 Å². The fourth-order valence-corrected chi connectivity index (χ4v) is 7.00. The van der Waals surface area contributed by atoms with Crippen LogP contribution in [-0.4, -0.2) is 14.1 Å². The van der Waals surface area contributed by atoms with Gasteiger partial charge in [-0.25, -0.2) is 0 Å². The quantitative estimate of drug-likeness (QED) is 0.197. The number of aryl methyl sites for hydroxylation is 3. The third kappa shape index (κ3) is 4.48. The first kappa shape index (κ1) is 28.6. The van der Waals surface area contributed by atoms with E-state index in [1.165, 1.54) is 12.1 Å². The lowest BCUT2D eigenvalue weighted by molar-refractivity contribution is -0.137. The van der Waals surface area contributed by atoms with Crippen molar-refractivity contribution in [2.45, 2.75) is 26.9 Å². The predicted molar refractivity (Wildman–Crippen MR) is 182 cm³/mol. The number of hydrogen-bond donors (Lipinski definition) is 0. The smallest absolute Gasteiger partial charge is 0.309 e. The Balaban J connectivity index is 1.55. The highest BCUT2D eigenvalue weighted by molar-refractivity contribution is 6.11. The van der Waals surface area contributed by atoms with Gasteiger partial charge in [-0.15, -0.1) is 0 Å². The maximum absolute atomic E-state index is 14.1. The number of nitriles is 1. The van der Waals surface area contributed by atoms with Gasteiger partial charge in [0, 0.05) is 38.5 Å². The van der Waals surface area contributed by atoms with E-state index in [0.29, 0.717) is 27.8 Å². The normalized spacial score (nSPS) is 12.0. The number of rotatable bonds is 3. The lowest BCUT2D eigenvalue weighted by atomic mass is 9.98. The highest BCUT2D eigenvalue weighted by Gasteiger charge is 2.31. The lowest BCUT2D eigenvalue weighted by Gasteiger charge is -2.19. The van der Waals surface area contributed by atoms with Gasteiger partial charge in [0.05, 0.1) is 44.6 Å². The number of fused-ring (bicyclic) bond motifs is 6. The number of para-hydroxylation sites is 2. The van der Waals surface area contributed by atoms with Crippen molar-refractivity contribution >= 4 is 43.6 Å². The minimum absolute atomic E-state index is 0.397. The van der Waals surface area contributed by atoms with E-state index >= 15 is 0 Å². The molecule has 0 aliphatic rings. The zero-order chi connectivity index (χ0) is 32.6. The van der Waals surface area contributed by atoms with Crippen LogP contribution in [0.4, 0.5) is 13.2 Å². The Morgan fingerprint density at radius 3 is 1.77 bits per heavy atom. The Bertz CT molecular complexity index is 2590. The Kier molecular flexibility index (Phi) is 6.28. The van der Waals surface area contributed by atoms with Gasteiger partial charge in [0.15, 0.2) is 0 Å². The maximum Gasteiger partial charge on any atom is 0.416 e. The minimum atomic E-state index is -4.52. The molecule has 0 N–H and O–H groups in total. The van der Waals surface area contributed by atoms with Crippen LogP contribution in [0.25, 0.3) is 66.1 Å². The van der Waals surface area contributed by atoms with Crippen LogP contribution >= 0.6 is 0 Å². The van der Waals surface area contributed by atoms with Crippen molar-refractivity contribution in [2.24, 2.45) is 0 Å². The van der Waals surface area contributed by atoms with Gasteiger partial charge in [-0.2, -0.15) is 18.4 Å². The van der Waals surface area contributed by atoms with E-state index < -0.39 is 11.7 Å². The number of nitrogens with zero attached hydrogens (tertiary/aromatic N) is 4. The van der Waals surface area contributed by atoms with E-state index in [9.17, 15) is 18.4 Å². The second-order valence-corrected chi connectivity index (χ2v) is 12.1. The van der Waals surface area contributed by atoms with Gasteiger partial charge in [0.1, 0.15) is 6.07 Å². The summed E-state index contributed by atoms with van der Waals surface area (Å²) >= 11 is 0. The molecule has 47 heavy (non-hydrogen) atoms. The van der Waals surface area contributed by atoms with Crippen molar-refractivity contribution in [1.29, 1.82) is 5.26 Å². The minimum Gasteiger partial charge on any atom is -0.309 e. The van der Waals surface area contributed by atoms with Crippen LogP contribution in [0.3, 0.4) is 0 Å². The zero-order valence-electron chi connectivity index (χ0n) is 25.8. The second kappa shape index (κ2) is 10.3. The van der Waals surface area contributed by atoms with Gasteiger partial charge in [0.25, 0.3) is 0 Å². The van der Waals surface area contributed by atoms with Gasteiger partial charge < -0.3 is 9.13 Å². The summed E-state index contributed by atoms with van der Waals surface area (Å²) in [4.78, 5) is 4.60. The maximum atomic E-state index is 14.1. The molecule has 0 spiro atoms. The van der Waals surface area contributed by atoms with E-state index in [-0.39, 0.29) is 0 Å². The van der Waals surface area contributed by atoms with E-state index in [1.807, 2.05) is 92.1 Å². The molecule has 0 unspecified atom stereocenters. The molecule has 0 radical (unpaired) electrons. The summed E-state index contributed by atoms with van der Waals surface area (Å²) in [6.45, 7) is 5.89. The summed E-state index contributed by atoms with van der Waals surface area (Å²) in [5.41, 5.74) is 8.37. The molecule has 0 bridgehead atoms. The fraction of sp³-hybridized carbons (Fsp3) is 0.100. The molecule has 4 nitrogen and oxygen atoms in total. The first-order chi connectivity index (χ1) is 22.6. The molecule has 3 heterocycles. The average molecular weight is 621 g/mol. The van der Waals surface area contributed by atoms with E-state index in [1.54, 1.807) is 0 Å². The van der Waals surface area contributed by atoms with Gasteiger partial charge >= 0.3 is 6.18 Å². The van der Waals surface area contributed by atoms with Crippen molar-refractivity contribution < 1.29 is 13.2 Å². The average Bonchev–Trinajstić information content (AvgIpc) is 3.55. The summed E-state index contributed by atoms with van der Waals surface area (Å²) in [6.07, 6.45) is -4.52. The molecule has 8 aromatic rings. The second-order valence-electron chi connectivity index (χ2n) is 12.1. The summed E-state index contributed by atoms with van der Waals surface area (Å²) in [6, 6.07) is 36.1. The lowest BCUT2D eigenvalue weighted by Crippen LogP contribution is -2.06. The molecule has 5 aromatic carbocycles. The molecule has 8 rings (SSSR count). The summed E-state index contributed by atoms with van der Waals surface area (Å²) in [5.74, 6) is 0. The molecule has 3 aromatic heterocycles. The summed E-state index contributed by atoms with van der Waals surface area (Å²) in [7, 11) is 0. The zero-order valence-corrected chi connectivity index (χ0v) is 25.8. The molecule has 228 valence electrons. The number of benzene rings is 5.